The summed E-state index contributed by atoms with van der Waals surface area (Å²) in [6, 6.07) is 16.0. The number of fused-ring (bicyclic) bond motifs is 1. The zero-order valence-electron chi connectivity index (χ0n) is 16.1. The van der Waals surface area contributed by atoms with Gasteiger partial charge in [-0.25, -0.2) is 0 Å². The molecule has 1 N–H and O–H groups in total. The predicted molar refractivity (Wildman–Crippen MR) is 110 cm³/mol. The van der Waals surface area contributed by atoms with Crippen molar-refractivity contribution in [3.05, 3.63) is 66.5 Å². The molecule has 1 aliphatic heterocycles. The first-order valence-corrected chi connectivity index (χ1v) is 9.85. The second-order valence-electron chi connectivity index (χ2n) is 7.14. The van der Waals surface area contributed by atoms with Crippen molar-refractivity contribution in [1.29, 1.82) is 0 Å². The fourth-order valence-electron chi connectivity index (χ4n) is 3.79. The molecule has 0 saturated carbocycles. The van der Waals surface area contributed by atoms with Gasteiger partial charge in [-0.15, -0.1) is 0 Å². The lowest BCUT2D eigenvalue weighted by Crippen LogP contribution is -2.48. The molecule has 2 heterocycles. The number of hydrogen-bond acceptors (Lipinski definition) is 5. The summed E-state index contributed by atoms with van der Waals surface area (Å²) in [4.78, 5) is 6.42. The highest BCUT2D eigenvalue weighted by Crippen LogP contribution is 2.28. The van der Waals surface area contributed by atoms with Gasteiger partial charge < -0.3 is 14.6 Å². The van der Waals surface area contributed by atoms with Crippen molar-refractivity contribution in [2.45, 2.75) is 32.1 Å². The minimum Gasteiger partial charge on any atom is -0.494 e. The van der Waals surface area contributed by atoms with Crippen LogP contribution in [0.1, 0.15) is 18.9 Å². The Balaban J connectivity index is 1.42. The van der Waals surface area contributed by atoms with Crippen molar-refractivity contribution >= 4 is 10.8 Å². The summed E-state index contributed by atoms with van der Waals surface area (Å²) in [6.07, 6.45) is 3.63. The number of rotatable bonds is 6. The molecule has 0 unspecified atom stereocenters. The average Bonchev–Trinajstić information content (AvgIpc) is 2.72. The van der Waals surface area contributed by atoms with Crippen LogP contribution in [0.3, 0.4) is 0 Å². The fraction of sp³-hybridized carbons (Fsp3) is 0.348. The van der Waals surface area contributed by atoms with Crippen LogP contribution >= 0.6 is 0 Å². The summed E-state index contributed by atoms with van der Waals surface area (Å²) in [5, 5.41) is 12.8. The number of nitrogens with zero attached hydrogens (tertiary/aromatic N) is 2. The second kappa shape index (κ2) is 8.59. The van der Waals surface area contributed by atoms with Crippen LogP contribution in [-0.4, -0.2) is 46.9 Å². The number of β-amino-alcohol motifs (C(OH)–C–C–N with tert-alkyl or cyclic N) is 1. The minimum absolute atomic E-state index is 0.211. The molecule has 5 nitrogen and oxygen atoms in total. The Hall–Kier alpha value is -2.63. The first-order chi connectivity index (χ1) is 13.7. The molecule has 0 spiro atoms. The van der Waals surface area contributed by atoms with Crippen molar-refractivity contribution < 1.29 is 14.6 Å². The number of aliphatic hydroxyl groups is 1. The number of ether oxygens (including phenoxy) is 2. The zero-order chi connectivity index (χ0) is 19.3. The smallest absolute Gasteiger partial charge is 0.127 e. The largest absolute Gasteiger partial charge is 0.494 e. The first kappa shape index (κ1) is 18.7. The molecule has 0 radical (unpaired) electrons. The van der Waals surface area contributed by atoms with Crippen molar-refractivity contribution in [1.82, 2.24) is 9.88 Å². The van der Waals surface area contributed by atoms with E-state index in [9.17, 15) is 5.11 Å². The van der Waals surface area contributed by atoms with E-state index in [1.54, 1.807) is 6.20 Å². The van der Waals surface area contributed by atoms with Crippen LogP contribution in [0, 0.1) is 0 Å². The van der Waals surface area contributed by atoms with Gasteiger partial charge >= 0.3 is 0 Å². The van der Waals surface area contributed by atoms with Gasteiger partial charge in [0.05, 0.1) is 6.61 Å². The van der Waals surface area contributed by atoms with Crippen molar-refractivity contribution in [3.63, 3.8) is 0 Å². The molecule has 0 bridgehead atoms. The lowest BCUT2D eigenvalue weighted by Gasteiger charge is -2.36. The van der Waals surface area contributed by atoms with Gasteiger partial charge in [0.1, 0.15) is 23.7 Å². The number of aromatic nitrogens is 1. The molecular weight excluding hydrogens is 352 g/mol. The minimum atomic E-state index is -0.537. The van der Waals surface area contributed by atoms with Gasteiger partial charge in [-0.1, -0.05) is 30.3 Å². The second-order valence-corrected chi connectivity index (χ2v) is 7.14. The van der Waals surface area contributed by atoms with Crippen molar-refractivity contribution in [2.24, 2.45) is 0 Å². The Bertz CT molecular complexity index is 925. The maximum Gasteiger partial charge on any atom is 0.127 e. The molecular formula is C23H26N2O3. The topological polar surface area (TPSA) is 54.8 Å². The highest BCUT2D eigenvalue weighted by Gasteiger charge is 2.30. The van der Waals surface area contributed by atoms with E-state index in [-0.39, 0.29) is 6.10 Å². The van der Waals surface area contributed by atoms with Crippen LogP contribution in [0.25, 0.3) is 10.8 Å². The SMILES string of the molecule is CCOc1ccccc1CN1CC[C@@H](Oc2cccc3cnccc23)[C@H](O)C1. The van der Waals surface area contributed by atoms with Gasteiger partial charge in [-0.2, -0.15) is 0 Å². The van der Waals surface area contributed by atoms with E-state index in [4.69, 9.17) is 9.47 Å². The van der Waals surface area contributed by atoms with Gasteiger partial charge in [0, 0.05) is 48.4 Å². The van der Waals surface area contributed by atoms with Crippen molar-refractivity contribution in [3.8, 4) is 11.5 Å². The van der Waals surface area contributed by atoms with E-state index in [0.717, 1.165) is 47.3 Å². The highest BCUT2D eigenvalue weighted by atomic mass is 16.5. The molecule has 28 heavy (non-hydrogen) atoms. The maximum absolute atomic E-state index is 10.7. The van der Waals surface area contributed by atoms with Crippen LogP contribution in [0.4, 0.5) is 0 Å². The molecule has 2 atom stereocenters. The van der Waals surface area contributed by atoms with Crippen LogP contribution < -0.4 is 9.47 Å². The molecule has 1 aromatic heterocycles. The number of benzene rings is 2. The van der Waals surface area contributed by atoms with Crippen LogP contribution in [0.2, 0.25) is 0 Å². The van der Waals surface area contributed by atoms with E-state index < -0.39 is 6.10 Å². The summed E-state index contributed by atoms with van der Waals surface area (Å²) in [5.74, 6) is 1.72. The van der Waals surface area contributed by atoms with E-state index in [2.05, 4.69) is 16.0 Å². The van der Waals surface area contributed by atoms with Gasteiger partial charge in [-0.05, 0) is 31.5 Å². The summed E-state index contributed by atoms with van der Waals surface area (Å²) in [6.45, 7) is 4.86. The summed E-state index contributed by atoms with van der Waals surface area (Å²) in [5.41, 5.74) is 1.15. The summed E-state index contributed by atoms with van der Waals surface area (Å²) < 4.78 is 11.9. The third-order valence-corrected chi connectivity index (χ3v) is 5.19. The third kappa shape index (κ3) is 4.11. The Morgan fingerprint density at radius 2 is 1.96 bits per heavy atom. The molecule has 1 aliphatic rings. The molecule has 0 aliphatic carbocycles. The molecule has 1 fully saturated rings. The zero-order valence-corrected chi connectivity index (χ0v) is 16.1. The van der Waals surface area contributed by atoms with E-state index in [1.165, 1.54) is 0 Å². The number of piperidine rings is 1. The van der Waals surface area contributed by atoms with Crippen LogP contribution in [0.5, 0.6) is 11.5 Å². The third-order valence-electron chi connectivity index (χ3n) is 5.19. The predicted octanol–water partition coefficient (Wildman–Crippen LogP) is 3.65. The molecule has 3 aromatic rings. The number of likely N-dealkylation sites (tertiary alicyclic amines) is 1. The first-order valence-electron chi connectivity index (χ1n) is 9.85. The molecule has 4 rings (SSSR count). The normalized spacial score (nSPS) is 20.2. The lowest BCUT2D eigenvalue weighted by molar-refractivity contribution is -0.0270. The summed E-state index contributed by atoms with van der Waals surface area (Å²) >= 11 is 0. The standard InChI is InChI=1S/C23H26N2O3/c1-2-27-21-8-4-3-6-18(21)15-25-13-11-23(20(26)16-25)28-22-9-5-7-17-14-24-12-10-19(17)22/h3-10,12,14,20,23,26H,2,11,13,15-16H2,1H3/t20-,23-/m1/s1. The van der Waals surface area contributed by atoms with Crippen LogP contribution in [0.15, 0.2) is 60.9 Å². The lowest BCUT2D eigenvalue weighted by atomic mass is 10.0. The fourth-order valence-corrected chi connectivity index (χ4v) is 3.79. The number of aliphatic hydroxyl groups excluding tert-OH is 1. The van der Waals surface area contributed by atoms with Gasteiger partial charge in [0.25, 0.3) is 0 Å². The molecule has 146 valence electrons. The molecule has 2 aromatic carbocycles. The quantitative estimate of drug-likeness (QED) is 0.710. The Labute approximate surface area is 165 Å². The van der Waals surface area contributed by atoms with Crippen molar-refractivity contribution in [2.75, 3.05) is 19.7 Å². The number of para-hydroxylation sites is 1. The monoisotopic (exact) mass is 378 g/mol. The Morgan fingerprint density at radius 3 is 2.82 bits per heavy atom. The van der Waals surface area contributed by atoms with Crippen LogP contribution in [-0.2, 0) is 6.54 Å². The number of hydrogen-bond donors (Lipinski definition) is 1. The molecule has 1 saturated heterocycles. The summed E-state index contributed by atoms with van der Waals surface area (Å²) in [7, 11) is 0. The van der Waals surface area contributed by atoms with Gasteiger partial charge in [-0.3, -0.25) is 9.88 Å². The molecule has 0 amide bonds. The van der Waals surface area contributed by atoms with Gasteiger partial charge in [0.2, 0.25) is 0 Å². The van der Waals surface area contributed by atoms with E-state index >= 15 is 0 Å². The van der Waals surface area contributed by atoms with Gasteiger partial charge in [0.15, 0.2) is 0 Å². The Kier molecular flexibility index (Phi) is 5.74. The van der Waals surface area contributed by atoms with E-state index in [1.807, 2.05) is 55.6 Å². The average molecular weight is 378 g/mol. The highest BCUT2D eigenvalue weighted by molar-refractivity contribution is 5.87. The Morgan fingerprint density at radius 1 is 1.11 bits per heavy atom. The maximum atomic E-state index is 10.7. The van der Waals surface area contributed by atoms with E-state index in [0.29, 0.717) is 13.2 Å². The number of pyridine rings is 1. The molecule has 5 heteroatoms.